The van der Waals surface area contributed by atoms with E-state index in [0.717, 1.165) is 39.2 Å². The van der Waals surface area contributed by atoms with Crippen LogP contribution in [0.25, 0.3) is 16.9 Å². The van der Waals surface area contributed by atoms with E-state index in [2.05, 4.69) is 27.2 Å². The van der Waals surface area contributed by atoms with Crippen LogP contribution in [0.1, 0.15) is 34.2 Å². The number of hydrogen-bond acceptors (Lipinski definition) is 5. The average Bonchev–Trinajstić information content (AvgIpc) is 3.29. The molecule has 0 N–H and O–H groups in total. The Hall–Kier alpha value is -3.54. The van der Waals surface area contributed by atoms with E-state index in [-0.39, 0.29) is 18.5 Å². The fourth-order valence-corrected chi connectivity index (χ4v) is 3.96. The highest BCUT2D eigenvalue weighted by atomic mass is 16.5. The molecule has 1 aliphatic rings. The molecule has 0 saturated heterocycles. The molecule has 0 fully saturated rings. The minimum atomic E-state index is -0.386. The number of fused-ring (bicyclic) bond motifs is 4. The largest absolute Gasteiger partial charge is 0.452 e. The Kier molecular flexibility index (Phi) is 3.72. The normalized spacial score (nSPS) is 12.8. The molecule has 0 saturated carbocycles. The molecule has 0 bridgehead atoms. The van der Waals surface area contributed by atoms with Crippen LogP contribution in [-0.2, 0) is 16.0 Å². The highest BCUT2D eigenvalue weighted by Gasteiger charge is 2.31. The molecule has 0 atom stereocenters. The lowest BCUT2D eigenvalue weighted by molar-refractivity contribution is -0.146. The van der Waals surface area contributed by atoms with Crippen molar-refractivity contribution in [2.75, 3.05) is 0 Å². The molecule has 0 unspecified atom stereocenters. The number of nitrogens with zero attached hydrogens (tertiary/aromatic N) is 4. The van der Waals surface area contributed by atoms with E-state index < -0.39 is 0 Å². The third-order valence-electron chi connectivity index (χ3n) is 5.34. The van der Waals surface area contributed by atoms with E-state index in [0.29, 0.717) is 5.78 Å². The average molecular weight is 370 g/mol. The molecular weight excluding hydrogens is 352 g/mol. The summed E-state index contributed by atoms with van der Waals surface area (Å²) in [5.74, 6) is 0.245. The monoisotopic (exact) mass is 370 g/mol. The van der Waals surface area contributed by atoms with Gasteiger partial charge in [0.25, 0.3) is 5.78 Å². The summed E-state index contributed by atoms with van der Waals surface area (Å²) in [6.07, 6.45) is 1.22. The maximum atomic E-state index is 12.9. The van der Waals surface area contributed by atoms with E-state index >= 15 is 0 Å². The third-order valence-corrected chi connectivity index (χ3v) is 5.34. The van der Waals surface area contributed by atoms with Gasteiger partial charge in [-0.2, -0.15) is 10.1 Å². The second-order valence-electron chi connectivity index (χ2n) is 6.95. The van der Waals surface area contributed by atoms with Crippen molar-refractivity contribution in [2.24, 2.45) is 0 Å². The maximum Gasteiger partial charge on any atom is 0.311 e. The predicted octanol–water partition coefficient (Wildman–Crippen LogP) is 3.60. The molecule has 4 aromatic rings. The standard InChI is InChI=1S/C22H18N4O2/c1-13-19(14(2)26-22(25-13)23-12-24-26)11-20(27)28-21-17-9-5-3-7-15(17)16-8-4-6-10-18(16)21/h3-10,12,21H,11H2,1-2H3. The van der Waals surface area contributed by atoms with Crippen LogP contribution in [0.5, 0.6) is 0 Å². The van der Waals surface area contributed by atoms with Gasteiger partial charge in [-0.05, 0) is 25.0 Å². The Morgan fingerprint density at radius 2 is 1.68 bits per heavy atom. The van der Waals surface area contributed by atoms with Crippen LogP contribution in [0.2, 0.25) is 0 Å². The molecule has 0 amide bonds. The lowest BCUT2D eigenvalue weighted by Crippen LogP contribution is -2.16. The topological polar surface area (TPSA) is 69.4 Å². The minimum absolute atomic E-state index is 0.140. The molecule has 6 heteroatoms. The van der Waals surface area contributed by atoms with Gasteiger partial charge in [0.05, 0.1) is 6.42 Å². The Bertz CT molecular complexity index is 1180. The smallest absolute Gasteiger partial charge is 0.311 e. The van der Waals surface area contributed by atoms with E-state index in [1.807, 2.05) is 50.2 Å². The van der Waals surface area contributed by atoms with Crippen molar-refractivity contribution < 1.29 is 9.53 Å². The zero-order chi connectivity index (χ0) is 19.3. The van der Waals surface area contributed by atoms with Gasteiger partial charge in [0.1, 0.15) is 6.33 Å². The van der Waals surface area contributed by atoms with Gasteiger partial charge in [-0.3, -0.25) is 4.79 Å². The number of aryl methyl sites for hydroxylation is 2. The molecule has 28 heavy (non-hydrogen) atoms. The highest BCUT2D eigenvalue weighted by Crippen LogP contribution is 2.45. The first-order valence-electron chi connectivity index (χ1n) is 9.17. The first-order valence-corrected chi connectivity index (χ1v) is 9.17. The van der Waals surface area contributed by atoms with Crippen LogP contribution in [-0.4, -0.2) is 25.6 Å². The molecule has 138 valence electrons. The van der Waals surface area contributed by atoms with Crippen molar-refractivity contribution in [3.8, 4) is 11.1 Å². The molecular formula is C22H18N4O2. The van der Waals surface area contributed by atoms with Crippen molar-refractivity contribution >= 4 is 11.7 Å². The number of rotatable bonds is 3. The summed E-state index contributed by atoms with van der Waals surface area (Å²) in [7, 11) is 0. The Labute approximate surface area is 161 Å². The zero-order valence-electron chi connectivity index (χ0n) is 15.6. The van der Waals surface area contributed by atoms with Crippen molar-refractivity contribution in [2.45, 2.75) is 26.4 Å². The minimum Gasteiger partial charge on any atom is -0.452 e. The summed E-state index contributed by atoms with van der Waals surface area (Å²) in [5, 5.41) is 4.18. The Morgan fingerprint density at radius 1 is 1.04 bits per heavy atom. The number of esters is 1. The quantitative estimate of drug-likeness (QED) is 0.516. The van der Waals surface area contributed by atoms with Crippen LogP contribution in [0.15, 0.2) is 54.9 Å². The molecule has 1 aliphatic carbocycles. The van der Waals surface area contributed by atoms with Crippen LogP contribution < -0.4 is 0 Å². The van der Waals surface area contributed by atoms with Gasteiger partial charge >= 0.3 is 5.97 Å². The number of carbonyl (C=O) groups is 1. The fraction of sp³-hybridized carbons (Fsp3) is 0.182. The molecule has 0 aliphatic heterocycles. The number of benzene rings is 2. The second kappa shape index (κ2) is 6.27. The first kappa shape index (κ1) is 16.6. The van der Waals surface area contributed by atoms with E-state index in [4.69, 9.17) is 4.74 Å². The molecule has 2 heterocycles. The van der Waals surface area contributed by atoms with Gasteiger partial charge in [-0.1, -0.05) is 48.5 Å². The third kappa shape index (κ3) is 2.49. The molecule has 5 rings (SSSR count). The summed E-state index contributed by atoms with van der Waals surface area (Å²) in [5.41, 5.74) is 6.72. The summed E-state index contributed by atoms with van der Waals surface area (Å²) in [6, 6.07) is 16.1. The van der Waals surface area contributed by atoms with Crippen molar-refractivity contribution in [3.63, 3.8) is 0 Å². The number of carbonyl (C=O) groups excluding carboxylic acids is 1. The first-order chi connectivity index (χ1) is 13.6. The second-order valence-corrected chi connectivity index (χ2v) is 6.95. The van der Waals surface area contributed by atoms with Gasteiger partial charge in [0.15, 0.2) is 6.10 Å². The van der Waals surface area contributed by atoms with Crippen LogP contribution in [0.4, 0.5) is 0 Å². The summed E-state index contributed by atoms with van der Waals surface area (Å²) in [6.45, 7) is 3.80. The van der Waals surface area contributed by atoms with Gasteiger partial charge in [0, 0.05) is 28.1 Å². The van der Waals surface area contributed by atoms with Crippen LogP contribution >= 0.6 is 0 Å². The van der Waals surface area contributed by atoms with Gasteiger partial charge in [-0.25, -0.2) is 9.50 Å². The van der Waals surface area contributed by atoms with Crippen molar-refractivity contribution in [1.29, 1.82) is 0 Å². The number of aromatic nitrogens is 4. The van der Waals surface area contributed by atoms with Crippen LogP contribution in [0.3, 0.4) is 0 Å². The Morgan fingerprint density at radius 3 is 2.36 bits per heavy atom. The SMILES string of the molecule is Cc1nc2ncnn2c(C)c1CC(=O)OC1c2ccccc2-c2ccccc21. The molecule has 0 radical (unpaired) electrons. The maximum absolute atomic E-state index is 12.9. The number of ether oxygens (including phenoxy) is 1. The lowest BCUT2D eigenvalue weighted by Gasteiger charge is -2.16. The van der Waals surface area contributed by atoms with E-state index in [1.165, 1.54) is 6.33 Å². The molecule has 2 aromatic carbocycles. The van der Waals surface area contributed by atoms with Gasteiger partial charge < -0.3 is 4.74 Å². The van der Waals surface area contributed by atoms with Crippen molar-refractivity contribution in [3.05, 3.63) is 82.9 Å². The van der Waals surface area contributed by atoms with Crippen LogP contribution in [0, 0.1) is 13.8 Å². The summed E-state index contributed by atoms with van der Waals surface area (Å²) in [4.78, 5) is 21.4. The fourth-order valence-electron chi connectivity index (χ4n) is 3.96. The predicted molar refractivity (Wildman–Crippen MR) is 104 cm³/mol. The van der Waals surface area contributed by atoms with Gasteiger partial charge in [0.2, 0.25) is 0 Å². The van der Waals surface area contributed by atoms with E-state index in [1.54, 1.807) is 4.52 Å². The lowest BCUT2D eigenvalue weighted by atomic mass is 10.1. The number of hydrogen-bond donors (Lipinski definition) is 0. The summed E-state index contributed by atoms with van der Waals surface area (Å²) < 4.78 is 7.61. The Balaban J connectivity index is 1.47. The van der Waals surface area contributed by atoms with Gasteiger partial charge in [-0.15, -0.1) is 0 Å². The highest BCUT2D eigenvalue weighted by molar-refractivity contribution is 5.80. The molecule has 2 aromatic heterocycles. The zero-order valence-corrected chi connectivity index (χ0v) is 15.6. The molecule has 6 nitrogen and oxygen atoms in total. The van der Waals surface area contributed by atoms with E-state index in [9.17, 15) is 4.79 Å². The van der Waals surface area contributed by atoms with Crippen molar-refractivity contribution in [1.82, 2.24) is 19.6 Å². The molecule has 0 spiro atoms. The summed E-state index contributed by atoms with van der Waals surface area (Å²) >= 11 is 0.